The van der Waals surface area contributed by atoms with Gasteiger partial charge in [-0.2, -0.15) is 0 Å². The van der Waals surface area contributed by atoms with Crippen molar-refractivity contribution in [1.29, 1.82) is 0 Å². The van der Waals surface area contributed by atoms with Gasteiger partial charge in [0.25, 0.3) is 11.8 Å². The molecule has 0 aromatic heterocycles. The minimum absolute atomic E-state index is 0.0734. The maximum absolute atomic E-state index is 12.2. The van der Waals surface area contributed by atoms with Crippen LogP contribution in [0.5, 0.6) is 5.75 Å². The first-order valence-electron chi connectivity index (χ1n) is 10.5. The van der Waals surface area contributed by atoms with Gasteiger partial charge < -0.3 is 10.1 Å². The first-order chi connectivity index (χ1) is 14.7. The average molecular weight is 426 g/mol. The van der Waals surface area contributed by atoms with Crippen molar-refractivity contribution in [2.24, 2.45) is 0 Å². The quantitative estimate of drug-likeness (QED) is 0.530. The van der Waals surface area contributed by atoms with E-state index in [9.17, 15) is 14.4 Å². The molecule has 0 saturated heterocycles. The monoisotopic (exact) mass is 425 g/mol. The Hall–Kier alpha value is -3.35. The fourth-order valence-electron chi connectivity index (χ4n) is 2.75. The maximum Gasteiger partial charge on any atom is 0.276 e. The number of amides is 3. The number of hydrogen-bond acceptors (Lipinski definition) is 4. The van der Waals surface area contributed by atoms with Gasteiger partial charge >= 0.3 is 0 Å². The highest BCUT2D eigenvalue weighted by molar-refractivity contribution is 5.96. The van der Waals surface area contributed by atoms with E-state index in [-0.39, 0.29) is 17.9 Å². The molecule has 0 saturated carbocycles. The van der Waals surface area contributed by atoms with Crippen molar-refractivity contribution in [1.82, 2.24) is 10.9 Å². The third-order valence-electron chi connectivity index (χ3n) is 5.11. The Bertz CT molecular complexity index is 890. The summed E-state index contributed by atoms with van der Waals surface area (Å²) in [7, 11) is 0. The minimum Gasteiger partial charge on any atom is -0.484 e. The van der Waals surface area contributed by atoms with Crippen LogP contribution in [0.3, 0.4) is 0 Å². The Labute approximate surface area is 183 Å². The summed E-state index contributed by atoms with van der Waals surface area (Å²) in [6.45, 7) is 8.20. The number of carbonyl (C=O) groups excluding carboxylic acids is 3. The van der Waals surface area contributed by atoms with E-state index in [0.717, 1.165) is 12.8 Å². The standard InChI is InChI=1S/C24H31N3O4/c1-5-7-21(28)25-19-12-8-17(9-13-19)23(30)27-26-22(29)16-31-20-14-10-18(11-15-20)24(3,4)6-2/h8-15H,5-7,16H2,1-4H3,(H,25,28)(H,26,29)(H,27,30). The molecule has 0 spiro atoms. The highest BCUT2D eigenvalue weighted by atomic mass is 16.5. The van der Waals surface area contributed by atoms with Crippen molar-refractivity contribution >= 4 is 23.4 Å². The molecular formula is C24H31N3O4. The van der Waals surface area contributed by atoms with E-state index in [0.29, 0.717) is 23.4 Å². The summed E-state index contributed by atoms with van der Waals surface area (Å²) in [6, 6.07) is 14.1. The molecule has 3 amide bonds. The van der Waals surface area contributed by atoms with Gasteiger partial charge in [-0.15, -0.1) is 0 Å². The number of rotatable bonds is 9. The van der Waals surface area contributed by atoms with Crippen LogP contribution >= 0.6 is 0 Å². The molecule has 0 bridgehead atoms. The summed E-state index contributed by atoms with van der Waals surface area (Å²) in [4.78, 5) is 35.7. The van der Waals surface area contributed by atoms with Crippen LogP contribution in [0.2, 0.25) is 0 Å². The van der Waals surface area contributed by atoms with E-state index in [2.05, 4.69) is 36.9 Å². The number of hydrogen-bond donors (Lipinski definition) is 3. The lowest BCUT2D eigenvalue weighted by molar-refractivity contribution is -0.123. The van der Waals surface area contributed by atoms with Gasteiger partial charge in [0.05, 0.1) is 0 Å². The molecule has 0 atom stereocenters. The molecule has 0 aliphatic carbocycles. The van der Waals surface area contributed by atoms with Crippen molar-refractivity contribution < 1.29 is 19.1 Å². The van der Waals surface area contributed by atoms with Crippen LogP contribution in [0.4, 0.5) is 5.69 Å². The highest BCUT2D eigenvalue weighted by Crippen LogP contribution is 2.27. The van der Waals surface area contributed by atoms with Crippen LogP contribution in [0, 0.1) is 0 Å². The molecule has 3 N–H and O–H groups in total. The predicted octanol–water partition coefficient (Wildman–Crippen LogP) is 3.95. The lowest BCUT2D eigenvalue weighted by Gasteiger charge is -2.23. The zero-order valence-corrected chi connectivity index (χ0v) is 18.6. The molecule has 0 aliphatic rings. The minimum atomic E-state index is -0.477. The maximum atomic E-state index is 12.2. The molecule has 0 heterocycles. The van der Waals surface area contributed by atoms with Crippen LogP contribution < -0.4 is 20.9 Å². The predicted molar refractivity (Wildman–Crippen MR) is 121 cm³/mol. The summed E-state index contributed by atoms with van der Waals surface area (Å²) >= 11 is 0. The first-order valence-corrected chi connectivity index (χ1v) is 10.5. The summed E-state index contributed by atoms with van der Waals surface area (Å²) in [5, 5.41) is 2.75. The van der Waals surface area contributed by atoms with Gasteiger partial charge in [0, 0.05) is 17.7 Å². The molecule has 166 valence electrons. The van der Waals surface area contributed by atoms with Gasteiger partial charge in [0.2, 0.25) is 5.91 Å². The summed E-state index contributed by atoms with van der Waals surface area (Å²) in [5.74, 6) is -0.436. The number of hydrazine groups is 1. The van der Waals surface area contributed by atoms with Gasteiger partial charge in [-0.25, -0.2) is 0 Å². The molecule has 31 heavy (non-hydrogen) atoms. The summed E-state index contributed by atoms with van der Waals surface area (Å²) < 4.78 is 5.48. The zero-order valence-electron chi connectivity index (χ0n) is 18.6. The molecule has 0 unspecified atom stereocenters. The van der Waals surface area contributed by atoms with Gasteiger partial charge in [0.1, 0.15) is 5.75 Å². The van der Waals surface area contributed by atoms with E-state index < -0.39 is 11.8 Å². The molecule has 0 fully saturated rings. The Morgan fingerprint density at radius 1 is 0.871 bits per heavy atom. The molecular weight excluding hydrogens is 394 g/mol. The normalized spacial score (nSPS) is 10.8. The third-order valence-corrected chi connectivity index (χ3v) is 5.11. The second kappa shape index (κ2) is 11.2. The van der Waals surface area contributed by atoms with Crippen molar-refractivity contribution in [2.75, 3.05) is 11.9 Å². The topological polar surface area (TPSA) is 96.5 Å². The lowest BCUT2D eigenvalue weighted by Crippen LogP contribution is -2.43. The average Bonchev–Trinajstić information content (AvgIpc) is 2.77. The Morgan fingerprint density at radius 3 is 2.10 bits per heavy atom. The summed E-state index contributed by atoms with van der Waals surface area (Å²) in [5.41, 5.74) is 6.92. The number of carbonyl (C=O) groups is 3. The number of ether oxygens (including phenoxy) is 1. The Morgan fingerprint density at radius 2 is 1.52 bits per heavy atom. The van der Waals surface area contributed by atoms with Crippen LogP contribution in [0.15, 0.2) is 48.5 Å². The van der Waals surface area contributed by atoms with Gasteiger partial charge in [-0.05, 0) is 60.2 Å². The van der Waals surface area contributed by atoms with E-state index in [1.165, 1.54) is 5.56 Å². The Kier molecular flexibility index (Phi) is 8.61. The molecule has 0 radical (unpaired) electrons. The molecule has 0 aliphatic heterocycles. The smallest absolute Gasteiger partial charge is 0.276 e. The SMILES string of the molecule is CCCC(=O)Nc1ccc(C(=O)NNC(=O)COc2ccc(C(C)(C)CC)cc2)cc1. The molecule has 7 nitrogen and oxygen atoms in total. The van der Waals surface area contributed by atoms with Crippen molar-refractivity contribution in [2.45, 2.75) is 52.4 Å². The van der Waals surface area contributed by atoms with E-state index in [1.54, 1.807) is 24.3 Å². The molecule has 2 aromatic rings. The van der Waals surface area contributed by atoms with Crippen molar-refractivity contribution in [3.05, 3.63) is 59.7 Å². The summed E-state index contributed by atoms with van der Waals surface area (Å²) in [6.07, 6.45) is 2.22. The van der Waals surface area contributed by atoms with E-state index in [1.807, 2.05) is 31.2 Å². The van der Waals surface area contributed by atoms with Gasteiger partial charge in [0.15, 0.2) is 6.61 Å². The van der Waals surface area contributed by atoms with E-state index >= 15 is 0 Å². The van der Waals surface area contributed by atoms with Gasteiger partial charge in [-0.3, -0.25) is 25.2 Å². The first kappa shape index (κ1) is 23.9. The largest absolute Gasteiger partial charge is 0.484 e. The number of nitrogens with one attached hydrogen (secondary N) is 3. The van der Waals surface area contributed by atoms with Crippen molar-refractivity contribution in [3.8, 4) is 5.75 Å². The number of benzene rings is 2. The lowest BCUT2D eigenvalue weighted by atomic mass is 9.82. The molecule has 2 rings (SSSR count). The highest BCUT2D eigenvalue weighted by Gasteiger charge is 2.17. The zero-order chi connectivity index (χ0) is 22.9. The van der Waals surface area contributed by atoms with E-state index in [4.69, 9.17) is 4.74 Å². The molecule has 2 aromatic carbocycles. The van der Waals surface area contributed by atoms with Crippen molar-refractivity contribution in [3.63, 3.8) is 0 Å². The van der Waals surface area contributed by atoms with Crippen LogP contribution in [0.25, 0.3) is 0 Å². The number of anilines is 1. The van der Waals surface area contributed by atoms with Crippen LogP contribution in [-0.2, 0) is 15.0 Å². The van der Waals surface area contributed by atoms with Gasteiger partial charge in [-0.1, -0.05) is 39.8 Å². The third kappa shape index (κ3) is 7.44. The fourth-order valence-corrected chi connectivity index (χ4v) is 2.75. The fraction of sp³-hybridized carbons (Fsp3) is 0.375. The van der Waals surface area contributed by atoms with Crippen LogP contribution in [0.1, 0.15) is 62.9 Å². The second-order valence-corrected chi connectivity index (χ2v) is 7.93. The second-order valence-electron chi connectivity index (χ2n) is 7.93. The Balaban J connectivity index is 1.78. The molecule has 7 heteroatoms. The van der Waals surface area contributed by atoms with Crippen LogP contribution in [-0.4, -0.2) is 24.3 Å².